The maximum atomic E-state index is 13.7. The predicted molar refractivity (Wildman–Crippen MR) is 121 cm³/mol. The Bertz CT molecular complexity index is 1140. The van der Waals surface area contributed by atoms with Crippen LogP contribution in [0.1, 0.15) is 35.7 Å². The first-order valence-corrected chi connectivity index (χ1v) is 11.1. The molecule has 0 bridgehead atoms. The maximum Gasteiger partial charge on any atom is 0.419 e. The number of likely N-dealkylation sites (tertiary alicyclic amines) is 1. The smallest absolute Gasteiger partial charge is 0.352 e. The second-order valence-electron chi connectivity index (χ2n) is 8.09. The van der Waals surface area contributed by atoms with E-state index in [9.17, 15) is 18.0 Å². The van der Waals surface area contributed by atoms with Crippen LogP contribution in [0, 0.1) is 5.92 Å². The zero-order chi connectivity index (χ0) is 24.3. The van der Waals surface area contributed by atoms with Gasteiger partial charge < -0.3 is 10.2 Å². The first kappa shape index (κ1) is 23.9. The third-order valence-electron chi connectivity index (χ3n) is 5.86. The van der Waals surface area contributed by atoms with E-state index >= 15 is 0 Å². The highest BCUT2D eigenvalue weighted by molar-refractivity contribution is 6.34. The molecule has 1 aliphatic heterocycles. The summed E-state index contributed by atoms with van der Waals surface area (Å²) in [6.45, 7) is 2.83. The highest BCUT2D eigenvalue weighted by Crippen LogP contribution is 2.32. The van der Waals surface area contributed by atoms with Crippen LogP contribution in [-0.4, -0.2) is 49.9 Å². The number of aromatic nitrogens is 4. The van der Waals surface area contributed by atoms with Crippen molar-refractivity contribution in [1.82, 2.24) is 24.8 Å². The Labute approximate surface area is 199 Å². The number of nitrogens with one attached hydrogen (secondary N) is 1. The summed E-state index contributed by atoms with van der Waals surface area (Å²) in [5, 5.41) is 3.28. The van der Waals surface area contributed by atoms with Gasteiger partial charge in [0.2, 0.25) is 5.95 Å². The van der Waals surface area contributed by atoms with E-state index in [0.29, 0.717) is 28.5 Å². The molecule has 3 aromatic rings. The molecule has 2 aromatic heterocycles. The van der Waals surface area contributed by atoms with Gasteiger partial charge in [0.05, 0.1) is 22.2 Å². The number of halogens is 4. The van der Waals surface area contributed by atoms with E-state index in [2.05, 4.69) is 25.3 Å². The fourth-order valence-corrected chi connectivity index (χ4v) is 4.34. The van der Waals surface area contributed by atoms with Gasteiger partial charge in [0.25, 0.3) is 5.91 Å². The monoisotopic (exact) mass is 490 g/mol. The number of hydrogen-bond acceptors (Lipinski definition) is 6. The first-order chi connectivity index (χ1) is 16.3. The predicted octanol–water partition coefficient (Wildman–Crippen LogP) is 4.96. The molecular weight excluding hydrogens is 469 g/mol. The number of nitrogens with zero attached hydrogens (tertiary/aromatic N) is 5. The summed E-state index contributed by atoms with van der Waals surface area (Å²) >= 11 is 6.47. The van der Waals surface area contributed by atoms with E-state index in [1.54, 1.807) is 41.6 Å². The zero-order valence-corrected chi connectivity index (χ0v) is 19.0. The molecule has 1 N–H and O–H groups in total. The molecule has 0 spiro atoms. The molecule has 0 aliphatic carbocycles. The Kier molecular flexibility index (Phi) is 6.97. The Morgan fingerprint density at radius 1 is 1.15 bits per heavy atom. The second-order valence-corrected chi connectivity index (χ2v) is 8.50. The van der Waals surface area contributed by atoms with Gasteiger partial charge in [-0.1, -0.05) is 30.7 Å². The van der Waals surface area contributed by atoms with E-state index in [1.807, 2.05) is 6.92 Å². The lowest BCUT2D eigenvalue weighted by atomic mass is 9.89. The highest BCUT2D eigenvalue weighted by Gasteiger charge is 2.35. The maximum absolute atomic E-state index is 13.7. The summed E-state index contributed by atoms with van der Waals surface area (Å²) < 4.78 is 38.3. The number of benzene rings is 1. The molecule has 178 valence electrons. The molecule has 7 nitrogen and oxygen atoms in total. The van der Waals surface area contributed by atoms with Gasteiger partial charge in [-0.2, -0.15) is 13.2 Å². The first-order valence-electron chi connectivity index (χ1n) is 10.8. The van der Waals surface area contributed by atoms with Gasteiger partial charge in [-0.25, -0.2) is 19.9 Å². The van der Waals surface area contributed by atoms with Gasteiger partial charge in [-0.15, -0.1) is 0 Å². The molecule has 2 atom stereocenters. The summed E-state index contributed by atoms with van der Waals surface area (Å²) in [7, 11) is 0. The van der Waals surface area contributed by atoms with Crippen molar-refractivity contribution < 1.29 is 18.0 Å². The molecule has 0 unspecified atom stereocenters. The number of carbonyl (C=O) groups is 1. The van der Waals surface area contributed by atoms with Crippen LogP contribution in [0.3, 0.4) is 0 Å². The van der Waals surface area contributed by atoms with E-state index in [0.717, 1.165) is 25.2 Å². The minimum absolute atomic E-state index is 0.0642. The summed E-state index contributed by atoms with van der Waals surface area (Å²) in [5.74, 6) is 0.346. The number of carbonyl (C=O) groups excluding carboxylic acids is 1. The summed E-state index contributed by atoms with van der Waals surface area (Å²) in [6, 6.07) is 6.59. The summed E-state index contributed by atoms with van der Waals surface area (Å²) in [5.41, 5.74) is -0.0652. The average molecular weight is 491 g/mol. The van der Waals surface area contributed by atoms with Crippen LogP contribution in [0.2, 0.25) is 5.02 Å². The number of anilines is 1. The SMILES string of the molecule is C[C@@H]1CCCN(C(=O)c2c(Cl)cccc2-c2ncccn2)[C@@H]1CNc1ncc(C(F)(F)F)cn1. The fourth-order valence-electron chi connectivity index (χ4n) is 4.08. The average Bonchev–Trinajstić information content (AvgIpc) is 2.83. The van der Waals surface area contributed by atoms with Crippen LogP contribution >= 0.6 is 11.6 Å². The van der Waals surface area contributed by atoms with Crippen molar-refractivity contribution in [3.63, 3.8) is 0 Å². The van der Waals surface area contributed by atoms with Crippen molar-refractivity contribution in [3.05, 3.63) is 65.2 Å². The number of alkyl halides is 3. The van der Waals surface area contributed by atoms with E-state index < -0.39 is 11.7 Å². The Hall–Kier alpha value is -3.27. The van der Waals surface area contributed by atoms with Crippen molar-refractivity contribution in [1.29, 1.82) is 0 Å². The van der Waals surface area contributed by atoms with Crippen molar-refractivity contribution in [2.75, 3.05) is 18.4 Å². The second kappa shape index (κ2) is 9.92. The molecule has 0 radical (unpaired) electrons. The standard InChI is InChI=1S/C23H22ClF3N6O/c1-14-5-3-10-33(18(14)13-32-22-30-11-15(12-31-22)23(25,26)27)21(34)19-16(6-2-7-17(19)24)20-28-8-4-9-29-20/h2,4,6-9,11-12,14,18H,3,5,10,13H2,1H3,(H,30,31,32)/t14-,18-/m1/s1. The lowest BCUT2D eigenvalue weighted by Gasteiger charge is -2.40. The van der Waals surface area contributed by atoms with E-state index in [1.165, 1.54) is 0 Å². The van der Waals surface area contributed by atoms with Crippen LogP contribution in [0.25, 0.3) is 11.4 Å². The lowest BCUT2D eigenvalue weighted by Crippen LogP contribution is -2.51. The number of amides is 1. The molecule has 1 aliphatic rings. The molecule has 34 heavy (non-hydrogen) atoms. The van der Waals surface area contributed by atoms with E-state index in [4.69, 9.17) is 11.6 Å². The van der Waals surface area contributed by atoms with Gasteiger partial charge >= 0.3 is 6.18 Å². The van der Waals surface area contributed by atoms with E-state index in [-0.39, 0.29) is 30.4 Å². The molecule has 4 rings (SSSR count). The van der Waals surface area contributed by atoms with Gasteiger partial charge in [0, 0.05) is 43.4 Å². The molecule has 0 saturated carbocycles. The normalized spacial score (nSPS) is 18.6. The van der Waals surface area contributed by atoms with Crippen LogP contribution in [0.15, 0.2) is 49.1 Å². The van der Waals surface area contributed by atoms with Crippen LogP contribution in [0.4, 0.5) is 19.1 Å². The van der Waals surface area contributed by atoms with Crippen molar-refractivity contribution in [2.45, 2.75) is 32.0 Å². The van der Waals surface area contributed by atoms with Gasteiger partial charge in [0.1, 0.15) is 0 Å². The molecule has 11 heteroatoms. The highest BCUT2D eigenvalue weighted by atomic mass is 35.5. The third kappa shape index (κ3) is 5.11. The lowest BCUT2D eigenvalue weighted by molar-refractivity contribution is -0.138. The largest absolute Gasteiger partial charge is 0.419 e. The Morgan fingerprint density at radius 2 is 1.85 bits per heavy atom. The Balaban J connectivity index is 1.58. The number of piperidine rings is 1. The van der Waals surface area contributed by atoms with Gasteiger partial charge in [-0.3, -0.25) is 4.79 Å². The number of rotatable bonds is 5. The van der Waals surface area contributed by atoms with Crippen molar-refractivity contribution >= 4 is 23.5 Å². The molecular formula is C23H22ClF3N6O. The minimum Gasteiger partial charge on any atom is -0.352 e. The van der Waals surface area contributed by atoms with Crippen LogP contribution in [0.5, 0.6) is 0 Å². The van der Waals surface area contributed by atoms with Gasteiger partial charge in [-0.05, 0) is 30.9 Å². The topological polar surface area (TPSA) is 83.9 Å². The van der Waals surface area contributed by atoms with Crippen LogP contribution < -0.4 is 5.32 Å². The Morgan fingerprint density at radius 3 is 2.53 bits per heavy atom. The van der Waals surface area contributed by atoms with Gasteiger partial charge in [0.15, 0.2) is 5.82 Å². The van der Waals surface area contributed by atoms with Crippen LogP contribution in [-0.2, 0) is 6.18 Å². The van der Waals surface area contributed by atoms with Crippen molar-refractivity contribution in [2.24, 2.45) is 5.92 Å². The molecule has 1 amide bonds. The zero-order valence-electron chi connectivity index (χ0n) is 18.3. The number of hydrogen-bond donors (Lipinski definition) is 1. The summed E-state index contributed by atoms with van der Waals surface area (Å²) in [6.07, 6.45) is 1.88. The molecule has 1 fully saturated rings. The fraction of sp³-hybridized carbons (Fsp3) is 0.348. The molecule has 1 aromatic carbocycles. The van der Waals surface area contributed by atoms with Crippen molar-refractivity contribution in [3.8, 4) is 11.4 Å². The minimum atomic E-state index is -4.51. The quantitative estimate of drug-likeness (QED) is 0.544. The molecule has 3 heterocycles. The molecule has 1 saturated heterocycles. The summed E-state index contributed by atoms with van der Waals surface area (Å²) in [4.78, 5) is 31.5. The third-order valence-corrected chi connectivity index (χ3v) is 6.17.